The Kier molecular flexibility index (Phi) is 5.75. The van der Waals surface area contributed by atoms with Crippen LogP contribution in [0, 0.1) is 5.82 Å². The minimum Gasteiger partial charge on any atom is -0.387 e. The van der Waals surface area contributed by atoms with Crippen molar-refractivity contribution in [3.8, 4) is 0 Å². The van der Waals surface area contributed by atoms with Crippen LogP contribution in [0.25, 0.3) is 0 Å². The Morgan fingerprint density at radius 1 is 1.23 bits per heavy atom. The summed E-state index contributed by atoms with van der Waals surface area (Å²) in [6.07, 6.45) is 3.63. The maximum absolute atomic E-state index is 13.2. The number of hydrogen-bond donors (Lipinski definition) is 2. The van der Waals surface area contributed by atoms with Crippen molar-refractivity contribution in [1.29, 1.82) is 0 Å². The smallest absolute Gasteiger partial charge is 0.141 e. The molecule has 1 aliphatic rings. The summed E-state index contributed by atoms with van der Waals surface area (Å²) in [5.74, 6) is -0.432. The minimum absolute atomic E-state index is 0. The van der Waals surface area contributed by atoms with Gasteiger partial charge < -0.3 is 10.4 Å². The largest absolute Gasteiger partial charge is 0.387 e. The van der Waals surface area contributed by atoms with Gasteiger partial charge in [-0.05, 0) is 36.6 Å². The lowest BCUT2D eigenvalue weighted by atomic mass is 10.0. The molecule has 3 rings (SSSR count). The number of hydrogen-bond acceptors (Lipinski definition) is 3. The number of nitrogens with one attached hydrogen (secondary N) is 1. The van der Waals surface area contributed by atoms with Gasteiger partial charge in [0.2, 0.25) is 0 Å². The Balaban J connectivity index is 0.00000176. The van der Waals surface area contributed by atoms with E-state index in [0.29, 0.717) is 10.6 Å². The molecule has 1 aromatic heterocycles. The van der Waals surface area contributed by atoms with E-state index in [1.807, 2.05) is 24.3 Å². The van der Waals surface area contributed by atoms with E-state index in [1.165, 1.54) is 12.3 Å². The second kappa shape index (κ2) is 7.38. The molecular weight excluding hydrogens is 326 g/mol. The van der Waals surface area contributed by atoms with Crippen molar-refractivity contribution in [3.05, 3.63) is 64.7 Å². The molecule has 2 N–H and O–H groups in total. The van der Waals surface area contributed by atoms with E-state index in [-0.39, 0.29) is 24.5 Å². The molecule has 1 fully saturated rings. The van der Waals surface area contributed by atoms with E-state index in [1.54, 1.807) is 0 Å². The second-order valence-electron chi connectivity index (χ2n) is 5.34. The molecule has 6 heteroatoms. The summed E-state index contributed by atoms with van der Waals surface area (Å²) in [5.41, 5.74) is 1.65. The summed E-state index contributed by atoms with van der Waals surface area (Å²) < 4.78 is 13.2. The number of aromatic nitrogens is 1. The summed E-state index contributed by atoms with van der Waals surface area (Å²) >= 11 is 5.89. The van der Waals surface area contributed by atoms with Crippen molar-refractivity contribution in [3.63, 3.8) is 0 Å². The zero-order valence-electron chi connectivity index (χ0n) is 11.7. The van der Waals surface area contributed by atoms with Crippen LogP contribution in [0.3, 0.4) is 0 Å². The molecule has 0 radical (unpaired) electrons. The maximum atomic E-state index is 13.2. The van der Waals surface area contributed by atoms with Crippen molar-refractivity contribution >= 4 is 24.0 Å². The summed E-state index contributed by atoms with van der Waals surface area (Å²) in [4.78, 5) is 3.79. The Hall–Kier alpha value is -1.20. The average molecular weight is 343 g/mol. The first-order chi connectivity index (χ1) is 10.1. The molecule has 1 aromatic carbocycles. The third-order valence-electron chi connectivity index (χ3n) is 3.90. The first-order valence-corrected chi connectivity index (χ1v) is 7.31. The molecule has 0 unspecified atom stereocenters. The van der Waals surface area contributed by atoms with Crippen LogP contribution in [0.15, 0.2) is 42.7 Å². The highest BCUT2D eigenvalue weighted by atomic mass is 35.5. The van der Waals surface area contributed by atoms with Crippen LogP contribution in [0.4, 0.5) is 4.39 Å². The zero-order valence-corrected chi connectivity index (χ0v) is 13.3. The van der Waals surface area contributed by atoms with Crippen LogP contribution >= 0.6 is 24.0 Å². The average Bonchev–Trinajstić information content (AvgIpc) is 2.97. The minimum atomic E-state index is -0.759. The highest BCUT2D eigenvalue weighted by molar-refractivity contribution is 6.30. The van der Waals surface area contributed by atoms with Crippen LogP contribution in [-0.4, -0.2) is 16.1 Å². The normalized spacial score (nSPS) is 22.1. The third-order valence-corrected chi connectivity index (χ3v) is 4.15. The lowest BCUT2D eigenvalue weighted by Crippen LogP contribution is -2.30. The van der Waals surface area contributed by atoms with Gasteiger partial charge in [0.05, 0.1) is 12.3 Å². The van der Waals surface area contributed by atoms with Crippen molar-refractivity contribution < 1.29 is 9.50 Å². The highest BCUT2D eigenvalue weighted by Crippen LogP contribution is 2.32. The van der Waals surface area contributed by atoms with E-state index >= 15 is 0 Å². The highest BCUT2D eigenvalue weighted by Gasteiger charge is 2.30. The molecule has 22 heavy (non-hydrogen) atoms. The van der Waals surface area contributed by atoms with Gasteiger partial charge in [-0.2, -0.15) is 0 Å². The quantitative estimate of drug-likeness (QED) is 0.891. The molecule has 1 saturated heterocycles. The number of aliphatic hydroxyl groups excluding tert-OH is 1. The molecule has 0 saturated carbocycles. The Morgan fingerprint density at radius 3 is 2.64 bits per heavy atom. The van der Waals surface area contributed by atoms with E-state index in [9.17, 15) is 9.50 Å². The maximum Gasteiger partial charge on any atom is 0.141 e. The molecule has 3 nitrogen and oxygen atoms in total. The molecule has 0 bridgehead atoms. The molecule has 0 spiro atoms. The molecule has 1 aliphatic heterocycles. The van der Waals surface area contributed by atoms with Gasteiger partial charge in [0.1, 0.15) is 5.82 Å². The van der Waals surface area contributed by atoms with Crippen LogP contribution in [0.2, 0.25) is 5.02 Å². The monoisotopic (exact) mass is 342 g/mol. The molecule has 0 amide bonds. The number of benzene rings is 1. The van der Waals surface area contributed by atoms with Crippen LogP contribution in [0.1, 0.15) is 36.1 Å². The number of halogens is 3. The van der Waals surface area contributed by atoms with Gasteiger partial charge in [-0.3, -0.25) is 4.98 Å². The zero-order chi connectivity index (χ0) is 14.8. The number of aliphatic hydroxyl groups is 1. The third kappa shape index (κ3) is 3.76. The molecule has 0 aliphatic carbocycles. The van der Waals surface area contributed by atoms with Crippen LogP contribution in [0.5, 0.6) is 0 Å². The van der Waals surface area contributed by atoms with Crippen molar-refractivity contribution in [2.24, 2.45) is 0 Å². The van der Waals surface area contributed by atoms with Gasteiger partial charge in [-0.15, -0.1) is 12.4 Å². The predicted molar refractivity (Wildman–Crippen MR) is 86.8 cm³/mol. The van der Waals surface area contributed by atoms with E-state index in [4.69, 9.17) is 11.6 Å². The molecular formula is C16H17Cl2FN2O. The fourth-order valence-corrected chi connectivity index (χ4v) is 2.93. The van der Waals surface area contributed by atoms with E-state index < -0.39 is 11.9 Å². The standard InChI is InChI=1S/C16H16ClFN2O.ClH/c17-12-3-1-10(2-4-12)14-5-6-15(20-14)16(21)11-7-13(18)9-19-8-11;/h1-4,7-9,14-16,20-21H,5-6H2;1H/t14-,15+,16+;/m0./s1. The van der Waals surface area contributed by atoms with Gasteiger partial charge in [0.25, 0.3) is 0 Å². The number of nitrogens with zero attached hydrogens (tertiary/aromatic N) is 1. The van der Waals surface area contributed by atoms with Gasteiger partial charge in [-0.1, -0.05) is 23.7 Å². The molecule has 2 heterocycles. The van der Waals surface area contributed by atoms with Gasteiger partial charge in [0, 0.05) is 28.9 Å². The molecule has 118 valence electrons. The fourth-order valence-electron chi connectivity index (χ4n) is 2.80. The Morgan fingerprint density at radius 2 is 1.95 bits per heavy atom. The Labute approximate surface area is 139 Å². The molecule has 2 aromatic rings. The van der Waals surface area contributed by atoms with Gasteiger partial charge >= 0.3 is 0 Å². The summed E-state index contributed by atoms with van der Waals surface area (Å²) in [6, 6.07) is 9.10. The Bertz CT molecular complexity index is 624. The van der Waals surface area contributed by atoms with Crippen molar-refractivity contribution in [2.45, 2.75) is 31.0 Å². The molecule has 3 atom stereocenters. The second-order valence-corrected chi connectivity index (χ2v) is 5.77. The van der Waals surface area contributed by atoms with Crippen molar-refractivity contribution in [2.75, 3.05) is 0 Å². The number of rotatable bonds is 3. The van der Waals surface area contributed by atoms with Gasteiger partial charge in [0.15, 0.2) is 0 Å². The summed E-state index contributed by atoms with van der Waals surface area (Å²) in [7, 11) is 0. The first kappa shape index (κ1) is 17.2. The topological polar surface area (TPSA) is 45.2 Å². The van der Waals surface area contributed by atoms with E-state index in [0.717, 1.165) is 24.6 Å². The lowest BCUT2D eigenvalue weighted by Gasteiger charge is -2.20. The SMILES string of the molecule is Cl.O[C@H](c1cncc(F)c1)[C@H]1CC[C@@H](c2ccc(Cl)cc2)N1. The van der Waals surface area contributed by atoms with Gasteiger partial charge in [-0.25, -0.2) is 4.39 Å². The predicted octanol–water partition coefficient (Wildman–Crippen LogP) is 3.82. The first-order valence-electron chi connectivity index (χ1n) is 6.93. The van der Waals surface area contributed by atoms with Crippen molar-refractivity contribution in [1.82, 2.24) is 10.3 Å². The van der Waals surface area contributed by atoms with Crippen LogP contribution < -0.4 is 5.32 Å². The number of pyridine rings is 1. The van der Waals surface area contributed by atoms with Crippen LogP contribution in [-0.2, 0) is 0 Å². The fraction of sp³-hybridized carbons (Fsp3) is 0.312. The lowest BCUT2D eigenvalue weighted by molar-refractivity contribution is 0.134. The summed E-state index contributed by atoms with van der Waals surface area (Å²) in [6.45, 7) is 0. The summed E-state index contributed by atoms with van der Waals surface area (Å²) in [5, 5.41) is 14.5. The van der Waals surface area contributed by atoms with E-state index in [2.05, 4.69) is 10.3 Å².